The summed E-state index contributed by atoms with van der Waals surface area (Å²) in [6.45, 7) is 7.58. The number of nitrogens with two attached hydrogens (primary N) is 1. The predicted molar refractivity (Wildman–Crippen MR) is 82.5 cm³/mol. The average Bonchev–Trinajstić information content (AvgIpc) is 3.08. The average molecular weight is 272 g/mol. The molecule has 1 aliphatic rings. The maximum absolute atomic E-state index is 6.07. The molecule has 2 atom stereocenters. The number of fused-ring (bicyclic) bond motifs is 1. The van der Waals surface area contributed by atoms with Gasteiger partial charge in [0.1, 0.15) is 5.58 Å². The van der Waals surface area contributed by atoms with E-state index in [0.717, 1.165) is 30.5 Å². The van der Waals surface area contributed by atoms with Crippen LogP contribution in [0.2, 0.25) is 0 Å². The molecular weight excluding hydrogens is 248 g/mol. The van der Waals surface area contributed by atoms with Gasteiger partial charge in [-0.1, -0.05) is 32.0 Å². The number of para-hydroxylation sites is 1. The minimum absolute atomic E-state index is 0.280. The zero-order chi connectivity index (χ0) is 14.1. The second-order valence-corrected chi connectivity index (χ2v) is 6.23. The summed E-state index contributed by atoms with van der Waals surface area (Å²) in [6.07, 6.45) is 3.18. The van der Waals surface area contributed by atoms with E-state index < -0.39 is 0 Å². The van der Waals surface area contributed by atoms with Crippen LogP contribution in [0.15, 0.2) is 34.9 Å². The van der Waals surface area contributed by atoms with Gasteiger partial charge in [-0.2, -0.15) is 0 Å². The predicted octanol–water partition coefficient (Wildman–Crippen LogP) is 3.41. The molecule has 0 saturated carbocycles. The van der Waals surface area contributed by atoms with E-state index in [-0.39, 0.29) is 6.04 Å². The summed E-state index contributed by atoms with van der Waals surface area (Å²) in [4.78, 5) is 2.53. The smallest absolute Gasteiger partial charge is 0.134 e. The lowest BCUT2D eigenvalue weighted by Gasteiger charge is -2.26. The van der Waals surface area contributed by atoms with Crippen molar-refractivity contribution >= 4 is 11.0 Å². The van der Waals surface area contributed by atoms with E-state index in [1.54, 1.807) is 0 Å². The molecule has 20 heavy (non-hydrogen) atoms. The number of nitrogens with zero attached hydrogens (tertiary/aromatic N) is 1. The molecule has 1 saturated heterocycles. The number of benzene rings is 1. The lowest BCUT2D eigenvalue weighted by atomic mass is 9.95. The summed E-state index contributed by atoms with van der Waals surface area (Å²) < 4.78 is 5.68. The Labute approximate surface area is 120 Å². The lowest BCUT2D eigenvalue weighted by molar-refractivity contribution is 0.232. The molecule has 2 heterocycles. The van der Waals surface area contributed by atoms with Crippen LogP contribution >= 0.6 is 0 Å². The van der Waals surface area contributed by atoms with Crippen LogP contribution in [0, 0.1) is 11.8 Å². The molecule has 0 amide bonds. The molecule has 0 bridgehead atoms. The molecular formula is C17H24N2O. The zero-order valence-electron chi connectivity index (χ0n) is 12.4. The van der Waals surface area contributed by atoms with E-state index in [9.17, 15) is 0 Å². The topological polar surface area (TPSA) is 42.4 Å². The van der Waals surface area contributed by atoms with Crippen LogP contribution in [0.1, 0.15) is 31.9 Å². The van der Waals surface area contributed by atoms with Crippen molar-refractivity contribution in [3.8, 4) is 0 Å². The molecule has 0 radical (unpaired) electrons. The van der Waals surface area contributed by atoms with Gasteiger partial charge in [-0.25, -0.2) is 0 Å². The second kappa shape index (κ2) is 5.58. The number of furan rings is 1. The number of rotatable bonds is 4. The van der Waals surface area contributed by atoms with Crippen LogP contribution in [0.3, 0.4) is 0 Å². The fraction of sp³-hybridized carbons (Fsp3) is 0.529. The van der Waals surface area contributed by atoms with Gasteiger partial charge in [-0.3, -0.25) is 4.90 Å². The Hall–Kier alpha value is -1.32. The second-order valence-electron chi connectivity index (χ2n) is 6.23. The number of likely N-dealkylation sites (tertiary alicyclic amines) is 1. The first-order valence-corrected chi connectivity index (χ1v) is 7.61. The molecule has 1 fully saturated rings. The van der Waals surface area contributed by atoms with Crippen LogP contribution < -0.4 is 5.73 Å². The number of hydrogen-bond donors (Lipinski definition) is 1. The molecule has 0 aliphatic carbocycles. The Kier molecular flexibility index (Phi) is 3.81. The first-order chi connectivity index (χ1) is 9.70. The van der Waals surface area contributed by atoms with Crippen molar-refractivity contribution in [2.45, 2.75) is 26.3 Å². The quantitative estimate of drug-likeness (QED) is 0.927. The summed E-state index contributed by atoms with van der Waals surface area (Å²) in [6, 6.07) is 8.51. The van der Waals surface area contributed by atoms with Crippen molar-refractivity contribution in [2.24, 2.45) is 17.6 Å². The fourth-order valence-corrected chi connectivity index (χ4v) is 3.37. The van der Waals surface area contributed by atoms with E-state index >= 15 is 0 Å². The van der Waals surface area contributed by atoms with Crippen LogP contribution in [0.5, 0.6) is 0 Å². The molecule has 3 heteroatoms. The molecule has 1 aromatic carbocycles. The monoisotopic (exact) mass is 272 g/mol. The van der Waals surface area contributed by atoms with Crippen LogP contribution in [-0.2, 0) is 0 Å². The molecule has 3 nitrogen and oxygen atoms in total. The standard InChI is InChI=1S/C17H24N2O/c1-12(2)13-7-8-19(10-13)16(9-18)15-11-20-17-6-4-3-5-14(15)17/h3-6,11-13,16H,7-10,18H2,1-2H3. The Morgan fingerprint density at radius 1 is 1.35 bits per heavy atom. The molecule has 0 spiro atoms. The highest BCUT2D eigenvalue weighted by atomic mass is 16.3. The van der Waals surface area contributed by atoms with Gasteiger partial charge in [0.2, 0.25) is 0 Å². The lowest BCUT2D eigenvalue weighted by Crippen LogP contribution is -2.32. The third-order valence-electron chi connectivity index (χ3n) is 4.73. The summed E-state index contributed by atoms with van der Waals surface area (Å²) in [5.74, 6) is 1.54. The first kappa shape index (κ1) is 13.7. The zero-order valence-corrected chi connectivity index (χ0v) is 12.4. The normalized spacial score (nSPS) is 21.9. The van der Waals surface area contributed by atoms with E-state index in [2.05, 4.69) is 30.9 Å². The summed E-state index contributed by atoms with van der Waals surface area (Å²) >= 11 is 0. The Morgan fingerprint density at radius 2 is 2.15 bits per heavy atom. The molecule has 2 N–H and O–H groups in total. The maximum atomic E-state index is 6.07. The van der Waals surface area contributed by atoms with Crippen LogP contribution in [0.4, 0.5) is 0 Å². The Bertz CT molecular complexity index is 575. The summed E-state index contributed by atoms with van der Waals surface area (Å²) in [7, 11) is 0. The first-order valence-electron chi connectivity index (χ1n) is 7.61. The van der Waals surface area contributed by atoms with E-state index in [1.807, 2.05) is 18.4 Å². The van der Waals surface area contributed by atoms with Crippen molar-refractivity contribution in [1.29, 1.82) is 0 Å². The van der Waals surface area contributed by atoms with Gasteiger partial charge in [0, 0.05) is 24.0 Å². The van der Waals surface area contributed by atoms with Gasteiger partial charge in [-0.15, -0.1) is 0 Å². The van der Waals surface area contributed by atoms with Crippen molar-refractivity contribution in [1.82, 2.24) is 4.90 Å². The van der Waals surface area contributed by atoms with E-state index in [0.29, 0.717) is 6.54 Å². The van der Waals surface area contributed by atoms with Gasteiger partial charge in [0.05, 0.1) is 12.3 Å². The van der Waals surface area contributed by atoms with Crippen LogP contribution in [0.25, 0.3) is 11.0 Å². The highest BCUT2D eigenvalue weighted by molar-refractivity contribution is 5.81. The van der Waals surface area contributed by atoms with E-state index in [1.165, 1.54) is 17.4 Å². The molecule has 2 aromatic rings. The molecule has 108 valence electrons. The van der Waals surface area contributed by atoms with Gasteiger partial charge in [-0.05, 0) is 30.9 Å². The van der Waals surface area contributed by atoms with Gasteiger partial charge < -0.3 is 10.2 Å². The molecule has 1 aromatic heterocycles. The van der Waals surface area contributed by atoms with Crippen molar-refractivity contribution < 1.29 is 4.42 Å². The SMILES string of the molecule is CC(C)C1CCN(C(CN)c2coc3ccccc23)C1. The summed E-state index contributed by atoms with van der Waals surface area (Å²) in [5.41, 5.74) is 8.27. The van der Waals surface area contributed by atoms with Gasteiger partial charge >= 0.3 is 0 Å². The fourth-order valence-electron chi connectivity index (χ4n) is 3.37. The maximum Gasteiger partial charge on any atom is 0.134 e. The van der Waals surface area contributed by atoms with Crippen LogP contribution in [-0.4, -0.2) is 24.5 Å². The van der Waals surface area contributed by atoms with Crippen molar-refractivity contribution in [3.05, 3.63) is 36.1 Å². The third-order valence-corrected chi connectivity index (χ3v) is 4.73. The third kappa shape index (κ3) is 2.36. The highest BCUT2D eigenvalue weighted by Gasteiger charge is 2.31. The van der Waals surface area contributed by atoms with Crippen molar-refractivity contribution in [2.75, 3.05) is 19.6 Å². The molecule has 1 aliphatic heterocycles. The minimum atomic E-state index is 0.280. The molecule has 3 rings (SSSR count). The van der Waals surface area contributed by atoms with E-state index in [4.69, 9.17) is 10.2 Å². The Morgan fingerprint density at radius 3 is 2.85 bits per heavy atom. The minimum Gasteiger partial charge on any atom is -0.464 e. The summed E-state index contributed by atoms with van der Waals surface area (Å²) in [5, 5.41) is 1.20. The molecule has 2 unspecified atom stereocenters. The van der Waals surface area contributed by atoms with Gasteiger partial charge in [0.15, 0.2) is 0 Å². The number of hydrogen-bond acceptors (Lipinski definition) is 3. The largest absolute Gasteiger partial charge is 0.464 e. The highest BCUT2D eigenvalue weighted by Crippen LogP contribution is 2.34. The van der Waals surface area contributed by atoms with Gasteiger partial charge in [0.25, 0.3) is 0 Å². The Balaban J connectivity index is 1.87. The van der Waals surface area contributed by atoms with Crippen molar-refractivity contribution in [3.63, 3.8) is 0 Å².